The number of aryl methyl sites for hydroxylation is 1. The van der Waals surface area contributed by atoms with Crippen LogP contribution < -0.4 is 10.6 Å². The first-order chi connectivity index (χ1) is 7.74. The molecule has 2 N–H and O–H groups in total. The zero-order chi connectivity index (χ0) is 11.4. The van der Waals surface area contributed by atoms with Crippen molar-refractivity contribution in [3.63, 3.8) is 0 Å². The van der Waals surface area contributed by atoms with Crippen LogP contribution in [0.3, 0.4) is 0 Å². The van der Waals surface area contributed by atoms with Crippen LogP contribution in [0.5, 0.6) is 0 Å². The molecule has 0 amide bonds. The summed E-state index contributed by atoms with van der Waals surface area (Å²) in [5, 5.41) is 7.19. The van der Waals surface area contributed by atoms with E-state index in [-0.39, 0.29) is 0 Å². The van der Waals surface area contributed by atoms with E-state index in [4.69, 9.17) is 11.6 Å². The minimum absolute atomic E-state index is 0.492. The first-order valence-corrected chi connectivity index (χ1v) is 6.10. The van der Waals surface area contributed by atoms with E-state index in [9.17, 15) is 0 Å². The second-order valence-electron chi connectivity index (χ2n) is 4.18. The molecule has 0 spiro atoms. The third-order valence-corrected chi connectivity index (χ3v) is 2.94. The number of aromatic nitrogens is 2. The van der Waals surface area contributed by atoms with E-state index >= 15 is 0 Å². The molecule has 1 atom stereocenters. The Bertz CT molecular complexity index is 330. The zero-order valence-electron chi connectivity index (χ0n) is 9.46. The van der Waals surface area contributed by atoms with Crippen LogP contribution in [-0.4, -0.2) is 29.1 Å². The van der Waals surface area contributed by atoms with Gasteiger partial charge in [-0.1, -0.05) is 18.0 Å². The second-order valence-corrected chi connectivity index (χ2v) is 4.57. The standard InChI is InChI=1S/C11H17ClN4/c1-8-6-10(12)16-11(15-8)14-7-9-4-2-3-5-13-9/h6,9,13H,2-5,7H2,1H3,(H,14,15,16)/t9-/m0/s1. The lowest BCUT2D eigenvalue weighted by Gasteiger charge is -2.23. The van der Waals surface area contributed by atoms with Gasteiger partial charge in [0.25, 0.3) is 0 Å². The van der Waals surface area contributed by atoms with E-state index in [1.807, 2.05) is 6.92 Å². The summed E-state index contributed by atoms with van der Waals surface area (Å²) in [7, 11) is 0. The lowest BCUT2D eigenvalue weighted by Crippen LogP contribution is -2.39. The average molecular weight is 241 g/mol. The second kappa shape index (κ2) is 5.46. The SMILES string of the molecule is Cc1cc(Cl)nc(NC[C@@H]2CCCCN2)n1. The number of piperidine rings is 1. The Hall–Kier alpha value is -0.870. The lowest BCUT2D eigenvalue weighted by molar-refractivity contribution is 0.413. The largest absolute Gasteiger partial charge is 0.353 e. The Kier molecular flexibility index (Phi) is 3.96. The molecule has 0 aromatic carbocycles. The van der Waals surface area contributed by atoms with Gasteiger partial charge in [-0.25, -0.2) is 9.97 Å². The summed E-state index contributed by atoms with van der Waals surface area (Å²) in [5.41, 5.74) is 0.888. The maximum Gasteiger partial charge on any atom is 0.224 e. The minimum atomic E-state index is 0.492. The van der Waals surface area contributed by atoms with Crippen molar-refractivity contribution in [2.24, 2.45) is 0 Å². The molecule has 0 radical (unpaired) electrons. The third-order valence-electron chi connectivity index (χ3n) is 2.74. The van der Waals surface area contributed by atoms with Gasteiger partial charge in [0.2, 0.25) is 5.95 Å². The van der Waals surface area contributed by atoms with Crippen LogP contribution in [0.4, 0.5) is 5.95 Å². The predicted octanol–water partition coefficient (Wildman–Crippen LogP) is 1.99. The number of hydrogen-bond acceptors (Lipinski definition) is 4. The van der Waals surface area contributed by atoms with Gasteiger partial charge in [-0.2, -0.15) is 0 Å². The maximum absolute atomic E-state index is 5.86. The van der Waals surface area contributed by atoms with Crippen LogP contribution in [0, 0.1) is 6.92 Å². The van der Waals surface area contributed by atoms with Crippen molar-refractivity contribution in [2.45, 2.75) is 32.2 Å². The van der Waals surface area contributed by atoms with Gasteiger partial charge in [0.1, 0.15) is 5.15 Å². The van der Waals surface area contributed by atoms with E-state index in [1.54, 1.807) is 6.07 Å². The molecule has 1 aliphatic rings. The highest BCUT2D eigenvalue weighted by Crippen LogP contribution is 2.11. The Balaban J connectivity index is 1.88. The van der Waals surface area contributed by atoms with Crippen LogP contribution in [0.25, 0.3) is 0 Å². The van der Waals surface area contributed by atoms with Crippen molar-refractivity contribution in [3.8, 4) is 0 Å². The number of anilines is 1. The molecule has 16 heavy (non-hydrogen) atoms. The van der Waals surface area contributed by atoms with Crippen LogP contribution in [-0.2, 0) is 0 Å². The van der Waals surface area contributed by atoms with E-state index in [0.717, 1.165) is 18.8 Å². The maximum atomic E-state index is 5.86. The van der Waals surface area contributed by atoms with Crippen LogP contribution in [0.1, 0.15) is 25.0 Å². The molecule has 1 aromatic rings. The summed E-state index contributed by atoms with van der Waals surface area (Å²) in [5.74, 6) is 0.623. The summed E-state index contributed by atoms with van der Waals surface area (Å²) < 4.78 is 0. The number of nitrogens with zero attached hydrogens (tertiary/aromatic N) is 2. The highest BCUT2D eigenvalue weighted by molar-refractivity contribution is 6.29. The Morgan fingerprint density at radius 1 is 1.50 bits per heavy atom. The fraction of sp³-hybridized carbons (Fsp3) is 0.636. The first kappa shape index (κ1) is 11.6. The molecule has 2 heterocycles. The molecule has 4 nitrogen and oxygen atoms in total. The van der Waals surface area contributed by atoms with Crippen molar-refractivity contribution in [1.29, 1.82) is 0 Å². The molecule has 0 unspecified atom stereocenters. The topological polar surface area (TPSA) is 49.8 Å². The van der Waals surface area contributed by atoms with E-state index < -0.39 is 0 Å². The van der Waals surface area contributed by atoms with Crippen molar-refractivity contribution in [1.82, 2.24) is 15.3 Å². The van der Waals surface area contributed by atoms with Gasteiger partial charge in [-0.15, -0.1) is 0 Å². The van der Waals surface area contributed by atoms with Gasteiger partial charge in [0, 0.05) is 18.3 Å². The average Bonchev–Trinajstić information content (AvgIpc) is 2.27. The monoisotopic (exact) mass is 240 g/mol. The number of nitrogens with one attached hydrogen (secondary N) is 2. The smallest absolute Gasteiger partial charge is 0.224 e. The fourth-order valence-corrected chi connectivity index (χ4v) is 2.16. The number of hydrogen-bond donors (Lipinski definition) is 2. The molecule has 0 aliphatic carbocycles. The van der Waals surface area contributed by atoms with E-state index in [1.165, 1.54) is 19.3 Å². The van der Waals surface area contributed by atoms with Gasteiger partial charge in [-0.3, -0.25) is 0 Å². The summed E-state index contributed by atoms with van der Waals surface area (Å²) in [6.07, 6.45) is 3.80. The Labute approximate surface area is 101 Å². The van der Waals surface area contributed by atoms with E-state index in [0.29, 0.717) is 17.1 Å². The molecule has 1 fully saturated rings. The van der Waals surface area contributed by atoms with Crippen molar-refractivity contribution in [2.75, 3.05) is 18.4 Å². The van der Waals surface area contributed by atoms with Crippen molar-refractivity contribution >= 4 is 17.5 Å². The highest BCUT2D eigenvalue weighted by Gasteiger charge is 2.12. The molecule has 1 aliphatic heterocycles. The summed E-state index contributed by atoms with van der Waals surface area (Å²) in [6, 6.07) is 2.28. The molecular weight excluding hydrogens is 224 g/mol. The predicted molar refractivity (Wildman–Crippen MR) is 65.9 cm³/mol. The third kappa shape index (κ3) is 3.32. The normalized spacial score (nSPS) is 20.8. The van der Waals surface area contributed by atoms with Crippen molar-refractivity contribution < 1.29 is 0 Å². The molecule has 1 saturated heterocycles. The Morgan fingerprint density at radius 3 is 3.06 bits per heavy atom. The molecular formula is C11H17ClN4. The van der Waals surface area contributed by atoms with Crippen LogP contribution in [0.2, 0.25) is 5.15 Å². The van der Waals surface area contributed by atoms with Crippen LogP contribution in [0.15, 0.2) is 6.07 Å². The van der Waals surface area contributed by atoms with Gasteiger partial charge >= 0.3 is 0 Å². The minimum Gasteiger partial charge on any atom is -0.353 e. The molecule has 0 saturated carbocycles. The van der Waals surface area contributed by atoms with Crippen LogP contribution >= 0.6 is 11.6 Å². The number of halogens is 1. The summed E-state index contributed by atoms with van der Waals surface area (Å²) in [4.78, 5) is 8.42. The summed E-state index contributed by atoms with van der Waals surface area (Å²) in [6.45, 7) is 3.89. The van der Waals surface area contributed by atoms with Gasteiger partial charge < -0.3 is 10.6 Å². The van der Waals surface area contributed by atoms with Gasteiger partial charge in [0.15, 0.2) is 0 Å². The zero-order valence-corrected chi connectivity index (χ0v) is 10.2. The van der Waals surface area contributed by atoms with Gasteiger partial charge in [0.05, 0.1) is 0 Å². The van der Waals surface area contributed by atoms with Crippen molar-refractivity contribution in [3.05, 3.63) is 16.9 Å². The molecule has 0 bridgehead atoms. The molecule has 2 rings (SSSR count). The fourth-order valence-electron chi connectivity index (χ4n) is 1.92. The molecule has 88 valence electrons. The van der Waals surface area contributed by atoms with Gasteiger partial charge in [-0.05, 0) is 32.4 Å². The Morgan fingerprint density at radius 2 is 2.38 bits per heavy atom. The number of rotatable bonds is 3. The molecule has 1 aromatic heterocycles. The van der Waals surface area contributed by atoms with E-state index in [2.05, 4.69) is 20.6 Å². The lowest BCUT2D eigenvalue weighted by atomic mass is 10.1. The molecule has 5 heteroatoms. The first-order valence-electron chi connectivity index (χ1n) is 5.72. The highest BCUT2D eigenvalue weighted by atomic mass is 35.5. The quantitative estimate of drug-likeness (QED) is 0.794. The summed E-state index contributed by atoms with van der Waals surface area (Å²) >= 11 is 5.86.